The SMILES string of the molecule is O=c1cc(Oc2ccccc2I)nc[nH]1. The first kappa shape index (κ1) is 10.2. The average Bonchev–Trinajstić information content (AvgIpc) is 2.22. The molecule has 1 N–H and O–H groups in total. The molecular formula is C10H7IN2O2. The van der Waals surface area contributed by atoms with E-state index in [1.807, 2.05) is 24.3 Å². The lowest BCUT2D eigenvalue weighted by molar-refractivity contribution is 0.457. The van der Waals surface area contributed by atoms with Gasteiger partial charge in [0.1, 0.15) is 5.75 Å². The van der Waals surface area contributed by atoms with Crippen LogP contribution in [0, 0.1) is 3.57 Å². The van der Waals surface area contributed by atoms with Crippen molar-refractivity contribution in [2.75, 3.05) is 0 Å². The molecule has 0 unspecified atom stereocenters. The van der Waals surface area contributed by atoms with Crippen LogP contribution >= 0.6 is 22.6 Å². The molecule has 0 atom stereocenters. The van der Waals surface area contributed by atoms with Gasteiger partial charge in [-0.05, 0) is 34.7 Å². The molecular weight excluding hydrogens is 307 g/mol. The molecule has 0 bridgehead atoms. The summed E-state index contributed by atoms with van der Waals surface area (Å²) in [6.45, 7) is 0. The van der Waals surface area contributed by atoms with Crippen LogP contribution in [0.5, 0.6) is 11.6 Å². The highest BCUT2D eigenvalue weighted by molar-refractivity contribution is 14.1. The second-order valence-corrected chi connectivity index (χ2v) is 3.94. The predicted molar refractivity (Wildman–Crippen MR) is 64.1 cm³/mol. The van der Waals surface area contributed by atoms with Gasteiger partial charge in [0, 0.05) is 0 Å². The summed E-state index contributed by atoms with van der Waals surface area (Å²) < 4.78 is 6.42. The summed E-state index contributed by atoms with van der Waals surface area (Å²) in [7, 11) is 0. The number of halogens is 1. The Balaban J connectivity index is 2.30. The normalized spacial score (nSPS) is 9.93. The summed E-state index contributed by atoms with van der Waals surface area (Å²) in [6.07, 6.45) is 1.31. The number of nitrogens with zero attached hydrogens (tertiary/aromatic N) is 1. The minimum absolute atomic E-state index is 0.231. The number of aromatic nitrogens is 2. The first-order valence-electron chi connectivity index (χ1n) is 4.23. The molecule has 76 valence electrons. The fourth-order valence-electron chi connectivity index (χ4n) is 1.05. The standard InChI is InChI=1S/C10H7IN2O2/c11-7-3-1-2-4-8(7)15-10-5-9(14)12-6-13-10/h1-6H,(H,12,13,14). The van der Waals surface area contributed by atoms with Crippen LogP contribution < -0.4 is 10.3 Å². The number of H-pyrrole nitrogens is 1. The molecule has 0 saturated carbocycles. The lowest BCUT2D eigenvalue weighted by atomic mass is 10.3. The third-order valence-electron chi connectivity index (χ3n) is 1.70. The molecule has 1 heterocycles. The highest BCUT2D eigenvalue weighted by atomic mass is 127. The van der Waals surface area contributed by atoms with Gasteiger partial charge in [-0.2, -0.15) is 0 Å². The number of benzene rings is 1. The predicted octanol–water partition coefficient (Wildman–Crippen LogP) is 2.17. The van der Waals surface area contributed by atoms with Gasteiger partial charge in [-0.1, -0.05) is 12.1 Å². The Morgan fingerprint density at radius 2 is 2.13 bits per heavy atom. The van der Waals surface area contributed by atoms with Crippen molar-refractivity contribution in [2.24, 2.45) is 0 Å². The van der Waals surface area contributed by atoms with E-state index >= 15 is 0 Å². The maximum atomic E-state index is 11.0. The zero-order valence-corrected chi connectivity index (χ0v) is 9.76. The van der Waals surface area contributed by atoms with Gasteiger partial charge in [0.2, 0.25) is 5.88 Å². The van der Waals surface area contributed by atoms with Crippen LogP contribution in [-0.2, 0) is 0 Å². The third kappa shape index (κ3) is 2.56. The molecule has 2 aromatic rings. The fourth-order valence-corrected chi connectivity index (χ4v) is 1.54. The van der Waals surface area contributed by atoms with Gasteiger partial charge < -0.3 is 9.72 Å². The zero-order valence-electron chi connectivity index (χ0n) is 7.61. The first-order chi connectivity index (χ1) is 7.25. The maximum absolute atomic E-state index is 11.0. The highest BCUT2D eigenvalue weighted by Gasteiger charge is 2.02. The van der Waals surface area contributed by atoms with E-state index < -0.39 is 0 Å². The molecule has 1 aromatic heterocycles. The summed E-state index contributed by atoms with van der Waals surface area (Å²) in [5.41, 5.74) is -0.231. The van der Waals surface area contributed by atoms with Crippen LogP contribution in [0.3, 0.4) is 0 Å². The number of rotatable bonds is 2. The van der Waals surface area contributed by atoms with Crippen LogP contribution in [0.4, 0.5) is 0 Å². The van der Waals surface area contributed by atoms with Crippen molar-refractivity contribution in [3.63, 3.8) is 0 Å². The van der Waals surface area contributed by atoms with Gasteiger partial charge in [0.15, 0.2) is 0 Å². The van der Waals surface area contributed by atoms with Crippen molar-refractivity contribution < 1.29 is 4.74 Å². The van der Waals surface area contributed by atoms with E-state index in [0.717, 1.165) is 3.57 Å². The van der Waals surface area contributed by atoms with Gasteiger partial charge in [-0.15, -0.1) is 0 Å². The minimum atomic E-state index is -0.231. The Hall–Kier alpha value is -1.37. The van der Waals surface area contributed by atoms with E-state index in [0.29, 0.717) is 11.6 Å². The third-order valence-corrected chi connectivity index (χ3v) is 2.60. The second kappa shape index (κ2) is 4.43. The molecule has 0 radical (unpaired) electrons. The van der Waals surface area contributed by atoms with Gasteiger partial charge >= 0.3 is 0 Å². The summed E-state index contributed by atoms with van der Waals surface area (Å²) in [6, 6.07) is 8.83. The van der Waals surface area contributed by atoms with Gasteiger partial charge in [0.25, 0.3) is 5.56 Å². The number of para-hydroxylation sites is 1. The monoisotopic (exact) mass is 314 g/mol. The molecule has 0 fully saturated rings. The van der Waals surface area contributed by atoms with E-state index in [9.17, 15) is 4.79 Å². The smallest absolute Gasteiger partial charge is 0.254 e. The molecule has 5 heteroatoms. The van der Waals surface area contributed by atoms with Crippen molar-refractivity contribution in [2.45, 2.75) is 0 Å². The maximum Gasteiger partial charge on any atom is 0.254 e. The van der Waals surface area contributed by atoms with Gasteiger partial charge in [0.05, 0.1) is 16.0 Å². The average molecular weight is 314 g/mol. The second-order valence-electron chi connectivity index (χ2n) is 2.78. The van der Waals surface area contributed by atoms with Crippen molar-refractivity contribution in [3.05, 3.63) is 50.6 Å². The topological polar surface area (TPSA) is 55.0 Å². The Bertz CT molecular complexity index is 525. The fraction of sp³-hybridized carbons (Fsp3) is 0. The van der Waals surface area contributed by atoms with Crippen LogP contribution in [0.1, 0.15) is 0 Å². The van der Waals surface area contributed by atoms with Crippen LogP contribution in [0.15, 0.2) is 41.5 Å². The van der Waals surface area contributed by atoms with Crippen LogP contribution in [0.25, 0.3) is 0 Å². The van der Waals surface area contributed by atoms with E-state index in [4.69, 9.17) is 4.74 Å². The molecule has 0 saturated heterocycles. The molecule has 0 aliphatic carbocycles. The lowest BCUT2D eigenvalue weighted by Crippen LogP contribution is -2.04. The Kier molecular flexibility index (Phi) is 3.00. The largest absolute Gasteiger partial charge is 0.438 e. The quantitative estimate of drug-likeness (QED) is 0.864. The molecule has 0 spiro atoms. The number of hydrogen-bond acceptors (Lipinski definition) is 3. The Morgan fingerprint density at radius 3 is 2.87 bits per heavy atom. The lowest BCUT2D eigenvalue weighted by Gasteiger charge is -2.04. The first-order valence-corrected chi connectivity index (χ1v) is 5.31. The van der Waals surface area contributed by atoms with Crippen molar-refractivity contribution >= 4 is 22.6 Å². The van der Waals surface area contributed by atoms with Crippen molar-refractivity contribution in [3.8, 4) is 11.6 Å². The minimum Gasteiger partial charge on any atom is -0.438 e. The summed E-state index contributed by atoms with van der Waals surface area (Å²) in [5.74, 6) is 0.985. The van der Waals surface area contributed by atoms with Gasteiger partial charge in [-0.3, -0.25) is 4.79 Å². The molecule has 4 nitrogen and oxygen atoms in total. The van der Waals surface area contributed by atoms with Crippen molar-refractivity contribution in [1.82, 2.24) is 9.97 Å². The highest BCUT2D eigenvalue weighted by Crippen LogP contribution is 2.23. The van der Waals surface area contributed by atoms with E-state index in [1.165, 1.54) is 12.4 Å². The summed E-state index contributed by atoms with van der Waals surface area (Å²) in [5, 5.41) is 0. The number of aromatic amines is 1. The molecule has 0 aliphatic rings. The Labute approximate surface area is 99.5 Å². The Morgan fingerprint density at radius 1 is 1.33 bits per heavy atom. The summed E-state index contributed by atoms with van der Waals surface area (Å²) >= 11 is 2.16. The molecule has 0 amide bonds. The van der Waals surface area contributed by atoms with Gasteiger partial charge in [-0.25, -0.2) is 4.98 Å². The van der Waals surface area contributed by atoms with Crippen molar-refractivity contribution in [1.29, 1.82) is 0 Å². The zero-order chi connectivity index (χ0) is 10.7. The van der Waals surface area contributed by atoms with Crippen LogP contribution in [-0.4, -0.2) is 9.97 Å². The summed E-state index contributed by atoms with van der Waals surface area (Å²) in [4.78, 5) is 17.3. The number of ether oxygens (including phenoxy) is 1. The van der Waals surface area contributed by atoms with E-state index in [-0.39, 0.29) is 5.56 Å². The van der Waals surface area contributed by atoms with E-state index in [2.05, 4.69) is 32.6 Å². The molecule has 0 aliphatic heterocycles. The van der Waals surface area contributed by atoms with E-state index in [1.54, 1.807) is 0 Å². The molecule has 1 aromatic carbocycles. The number of nitrogens with one attached hydrogen (secondary N) is 1. The molecule has 2 rings (SSSR count). The van der Waals surface area contributed by atoms with Crippen LogP contribution in [0.2, 0.25) is 0 Å². The molecule has 15 heavy (non-hydrogen) atoms. The number of hydrogen-bond donors (Lipinski definition) is 1.